The summed E-state index contributed by atoms with van der Waals surface area (Å²) in [6.45, 7) is 3.36. The van der Waals surface area contributed by atoms with E-state index in [4.69, 9.17) is 11.6 Å². The van der Waals surface area contributed by atoms with Crippen LogP contribution in [0.25, 0.3) is 0 Å². The van der Waals surface area contributed by atoms with Crippen molar-refractivity contribution < 1.29 is 13.2 Å². The van der Waals surface area contributed by atoms with Crippen molar-refractivity contribution in [2.24, 2.45) is 10.9 Å². The molecular weight excluding hydrogens is 365 g/mol. The molecule has 1 aliphatic heterocycles. The highest BCUT2D eigenvalue weighted by Crippen LogP contribution is 2.22. The average Bonchev–Trinajstić information content (AvgIpc) is 2.60. The van der Waals surface area contributed by atoms with E-state index in [1.165, 1.54) is 0 Å². The second kappa shape index (κ2) is 10.0. The lowest BCUT2D eigenvalue weighted by Gasteiger charge is -2.32. The van der Waals surface area contributed by atoms with Crippen molar-refractivity contribution in [3.05, 3.63) is 34.9 Å². The van der Waals surface area contributed by atoms with Gasteiger partial charge in [-0.25, -0.2) is 0 Å². The van der Waals surface area contributed by atoms with Gasteiger partial charge in [0.25, 0.3) is 0 Å². The molecule has 4 nitrogen and oxygen atoms in total. The largest absolute Gasteiger partial charge is 0.390 e. The van der Waals surface area contributed by atoms with Gasteiger partial charge < -0.3 is 10.6 Å². The molecule has 26 heavy (non-hydrogen) atoms. The number of alkyl halides is 3. The van der Waals surface area contributed by atoms with E-state index >= 15 is 0 Å². The zero-order valence-electron chi connectivity index (χ0n) is 14.9. The smallest absolute Gasteiger partial charge is 0.356 e. The van der Waals surface area contributed by atoms with Crippen LogP contribution in [0.3, 0.4) is 0 Å². The molecule has 0 unspecified atom stereocenters. The third kappa shape index (κ3) is 7.41. The summed E-state index contributed by atoms with van der Waals surface area (Å²) in [5.41, 5.74) is 1.14. The highest BCUT2D eigenvalue weighted by atomic mass is 35.5. The van der Waals surface area contributed by atoms with Gasteiger partial charge >= 0.3 is 6.18 Å². The standard InChI is InChI=1S/C18H26ClF3N4/c1-23-17(24-9-8-18(20,21)22)25-12-14-6-10-26(11-7-14)13-15-4-2-3-5-16(15)19/h2-5,14H,6-13H2,1H3,(H2,23,24,25). The SMILES string of the molecule is CN=C(NCCC(F)(F)F)NCC1CCN(Cc2ccccc2Cl)CC1. The van der Waals surface area contributed by atoms with E-state index in [9.17, 15) is 13.2 Å². The van der Waals surface area contributed by atoms with Crippen molar-refractivity contribution in [1.82, 2.24) is 15.5 Å². The fourth-order valence-electron chi connectivity index (χ4n) is 3.00. The first-order chi connectivity index (χ1) is 12.4. The van der Waals surface area contributed by atoms with E-state index in [1.54, 1.807) is 7.05 Å². The normalized spacial score (nSPS) is 17.3. The quantitative estimate of drug-likeness (QED) is 0.575. The van der Waals surface area contributed by atoms with Gasteiger partial charge in [-0.15, -0.1) is 0 Å². The van der Waals surface area contributed by atoms with Gasteiger partial charge in [0.2, 0.25) is 0 Å². The Labute approximate surface area is 157 Å². The predicted octanol–water partition coefficient (Wildman–Crippen LogP) is 3.67. The Hall–Kier alpha value is -1.47. The maximum Gasteiger partial charge on any atom is 0.390 e. The Morgan fingerprint density at radius 1 is 1.23 bits per heavy atom. The zero-order chi connectivity index (χ0) is 19.0. The van der Waals surface area contributed by atoms with Crippen molar-refractivity contribution in [2.75, 3.05) is 33.2 Å². The number of nitrogens with one attached hydrogen (secondary N) is 2. The van der Waals surface area contributed by atoms with Crippen LogP contribution >= 0.6 is 11.6 Å². The van der Waals surface area contributed by atoms with Crippen LogP contribution in [-0.4, -0.2) is 50.3 Å². The summed E-state index contributed by atoms with van der Waals surface area (Å²) < 4.78 is 36.6. The minimum Gasteiger partial charge on any atom is -0.356 e. The number of rotatable bonds is 6. The number of benzene rings is 1. The number of aliphatic imine (C=N–C) groups is 1. The van der Waals surface area contributed by atoms with Crippen LogP contribution in [0, 0.1) is 5.92 Å². The van der Waals surface area contributed by atoms with E-state index in [0.717, 1.165) is 43.1 Å². The van der Waals surface area contributed by atoms with Gasteiger partial charge in [0.15, 0.2) is 5.96 Å². The summed E-state index contributed by atoms with van der Waals surface area (Å²) in [7, 11) is 1.56. The van der Waals surface area contributed by atoms with Gasteiger partial charge in [0, 0.05) is 31.7 Å². The first-order valence-electron chi connectivity index (χ1n) is 8.84. The topological polar surface area (TPSA) is 39.7 Å². The molecule has 0 atom stereocenters. The van der Waals surface area contributed by atoms with Crippen molar-refractivity contribution in [2.45, 2.75) is 32.0 Å². The Morgan fingerprint density at radius 2 is 1.92 bits per heavy atom. The number of halogens is 4. The highest BCUT2D eigenvalue weighted by molar-refractivity contribution is 6.31. The van der Waals surface area contributed by atoms with Crippen LogP contribution in [0.15, 0.2) is 29.3 Å². The molecule has 1 aromatic rings. The predicted molar refractivity (Wildman–Crippen MR) is 99.5 cm³/mol. The van der Waals surface area contributed by atoms with Crippen LogP contribution in [0.2, 0.25) is 5.02 Å². The molecule has 8 heteroatoms. The number of guanidine groups is 1. The third-order valence-electron chi connectivity index (χ3n) is 4.54. The fourth-order valence-corrected chi connectivity index (χ4v) is 3.20. The number of piperidine rings is 1. The monoisotopic (exact) mass is 390 g/mol. The molecule has 0 radical (unpaired) electrons. The molecule has 146 valence electrons. The molecular formula is C18H26ClF3N4. The van der Waals surface area contributed by atoms with E-state index < -0.39 is 12.6 Å². The Kier molecular flexibility index (Phi) is 8.03. The molecule has 1 saturated heterocycles. The number of hydrogen-bond donors (Lipinski definition) is 2. The maximum atomic E-state index is 12.2. The summed E-state index contributed by atoms with van der Waals surface area (Å²) in [5, 5.41) is 6.63. The summed E-state index contributed by atoms with van der Waals surface area (Å²) in [6, 6.07) is 7.88. The minimum atomic E-state index is -4.15. The second-order valence-corrected chi connectivity index (χ2v) is 6.96. The van der Waals surface area contributed by atoms with E-state index in [-0.39, 0.29) is 6.54 Å². The Bertz CT molecular complexity index is 584. The van der Waals surface area contributed by atoms with Gasteiger partial charge in [-0.2, -0.15) is 13.2 Å². The van der Waals surface area contributed by atoms with Crippen LogP contribution in [-0.2, 0) is 6.54 Å². The van der Waals surface area contributed by atoms with Gasteiger partial charge in [-0.1, -0.05) is 29.8 Å². The van der Waals surface area contributed by atoms with Crippen LogP contribution in [0.1, 0.15) is 24.8 Å². The molecule has 0 spiro atoms. The summed E-state index contributed by atoms with van der Waals surface area (Å²) in [6.07, 6.45) is -2.94. The van der Waals surface area contributed by atoms with Crippen LogP contribution < -0.4 is 10.6 Å². The lowest BCUT2D eigenvalue weighted by molar-refractivity contribution is -0.132. The first-order valence-corrected chi connectivity index (χ1v) is 9.22. The minimum absolute atomic E-state index is 0.167. The van der Waals surface area contributed by atoms with Gasteiger partial charge in [-0.3, -0.25) is 9.89 Å². The molecule has 1 aromatic carbocycles. The van der Waals surface area contributed by atoms with Gasteiger partial charge in [0.1, 0.15) is 0 Å². The molecule has 0 saturated carbocycles. The van der Waals surface area contributed by atoms with Gasteiger partial charge in [0.05, 0.1) is 6.42 Å². The van der Waals surface area contributed by atoms with Crippen LogP contribution in [0.4, 0.5) is 13.2 Å². The van der Waals surface area contributed by atoms with Crippen molar-refractivity contribution in [3.8, 4) is 0 Å². The molecule has 0 amide bonds. The molecule has 2 rings (SSSR count). The Balaban J connectivity index is 1.67. The molecule has 1 aliphatic rings. The van der Waals surface area contributed by atoms with E-state index in [0.29, 0.717) is 18.4 Å². The highest BCUT2D eigenvalue weighted by Gasteiger charge is 2.26. The molecule has 2 N–H and O–H groups in total. The zero-order valence-corrected chi connectivity index (χ0v) is 15.7. The second-order valence-electron chi connectivity index (χ2n) is 6.56. The Morgan fingerprint density at radius 3 is 2.54 bits per heavy atom. The summed E-state index contributed by atoms with van der Waals surface area (Å²) in [5.74, 6) is 0.909. The molecule has 1 heterocycles. The number of likely N-dealkylation sites (tertiary alicyclic amines) is 1. The maximum absolute atomic E-state index is 12.2. The van der Waals surface area contributed by atoms with E-state index in [1.807, 2.05) is 24.3 Å². The lowest BCUT2D eigenvalue weighted by Crippen LogP contribution is -2.43. The molecule has 0 aliphatic carbocycles. The number of nitrogens with zero attached hydrogens (tertiary/aromatic N) is 2. The molecule has 1 fully saturated rings. The van der Waals surface area contributed by atoms with Gasteiger partial charge in [-0.05, 0) is 43.5 Å². The van der Waals surface area contributed by atoms with Crippen molar-refractivity contribution in [3.63, 3.8) is 0 Å². The summed E-state index contributed by atoms with van der Waals surface area (Å²) >= 11 is 6.22. The fraction of sp³-hybridized carbons (Fsp3) is 0.611. The average molecular weight is 391 g/mol. The van der Waals surface area contributed by atoms with Crippen LogP contribution in [0.5, 0.6) is 0 Å². The van der Waals surface area contributed by atoms with E-state index in [2.05, 4.69) is 20.5 Å². The van der Waals surface area contributed by atoms with Crippen molar-refractivity contribution in [1.29, 1.82) is 0 Å². The summed E-state index contributed by atoms with van der Waals surface area (Å²) in [4.78, 5) is 6.36. The lowest BCUT2D eigenvalue weighted by atomic mass is 9.96. The first kappa shape index (κ1) is 20.8. The molecule has 0 aromatic heterocycles. The van der Waals surface area contributed by atoms with Crippen molar-refractivity contribution >= 4 is 17.6 Å². The molecule has 0 bridgehead atoms. The number of hydrogen-bond acceptors (Lipinski definition) is 2. The third-order valence-corrected chi connectivity index (χ3v) is 4.91.